The summed E-state index contributed by atoms with van der Waals surface area (Å²) in [6.07, 6.45) is 3.67. The van der Waals surface area contributed by atoms with Gasteiger partial charge in [0.2, 0.25) is 0 Å². The standard InChI is InChI=1S/C20H20N2O.ClH/c1-2-7-17(8-3-1)16-23-20-11-5-4-10-19(20)15-22-14-18-9-6-12-21-13-18;/h1-13,22H,14-16H2;1H. The number of hydrogen-bond donors (Lipinski definition) is 1. The quantitative estimate of drug-likeness (QED) is 0.693. The summed E-state index contributed by atoms with van der Waals surface area (Å²) in [6.45, 7) is 2.14. The fourth-order valence-corrected chi connectivity index (χ4v) is 2.37. The van der Waals surface area contributed by atoms with Crippen LogP contribution >= 0.6 is 12.4 Å². The fourth-order valence-electron chi connectivity index (χ4n) is 2.37. The van der Waals surface area contributed by atoms with E-state index in [0.29, 0.717) is 6.61 Å². The smallest absolute Gasteiger partial charge is 0.124 e. The summed E-state index contributed by atoms with van der Waals surface area (Å²) < 4.78 is 5.97. The molecule has 1 heterocycles. The lowest BCUT2D eigenvalue weighted by atomic mass is 10.2. The molecule has 0 aliphatic rings. The normalized spacial score (nSPS) is 10.0. The van der Waals surface area contributed by atoms with Crippen LogP contribution in [0.1, 0.15) is 16.7 Å². The van der Waals surface area contributed by atoms with Gasteiger partial charge in [0.25, 0.3) is 0 Å². The summed E-state index contributed by atoms with van der Waals surface area (Å²) in [4.78, 5) is 4.13. The van der Waals surface area contributed by atoms with Crippen molar-refractivity contribution >= 4 is 12.4 Å². The van der Waals surface area contributed by atoms with Crippen LogP contribution in [-0.4, -0.2) is 4.98 Å². The Balaban J connectivity index is 0.00000208. The molecule has 3 aromatic rings. The summed E-state index contributed by atoms with van der Waals surface area (Å²) in [5.74, 6) is 0.926. The van der Waals surface area contributed by atoms with Crippen molar-refractivity contribution < 1.29 is 4.74 Å². The average molecular weight is 341 g/mol. The number of nitrogens with zero attached hydrogens (tertiary/aromatic N) is 1. The number of hydrogen-bond acceptors (Lipinski definition) is 3. The van der Waals surface area contributed by atoms with Gasteiger partial charge in [-0.15, -0.1) is 12.4 Å². The van der Waals surface area contributed by atoms with Gasteiger partial charge < -0.3 is 10.1 Å². The van der Waals surface area contributed by atoms with Gasteiger partial charge in [0, 0.05) is 31.0 Å². The van der Waals surface area contributed by atoms with Gasteiger partial charge in [-0.05, 0) is 23.3 Å². The second kappa shape index (κ2) is 9.71. The van der Waals surface area contributed by atoms with Gasteiger partial charge in [-0.3, -0.25) is 4.98 Å². The molecule has 1 aromatic heterocycles. The van der Waals surface area contributed by atoms with E-state index >= 15 is 0 Å². The fraction of sp³-hybridized carbons (Fsp3) is 0.150. The van der Waals surface area contributed by atoms with Gasteiger partial charge in [-0.1, -0.05) is 54.6 Å². The van der Waals surface area contributed by atoms with Crippen molar-refractivity contribution in [2.45, 2.75) is 19.7 Å². The van der Waals surface area contributed by atoms with E-state index in [1.165, 1.54) is 11.1 Å². The Bertz CT molecular complexity index is 720. The van der Waals surface area contributed by atoms with Crippen molar-refractivity contribution in [3.05, 3.63) is 95.8 Å². The maximum Gasteiger partial charge on any atom is 0.124 e. The lowest BCUT2D eigenvalue weighted by molar-refractivity contribution is 0.302. The molecule has 4 heteroatoms. The second-order valence-electron chi connectivity index (χ2n) is 5.35. The summed E-state index contributed by atoms with van der Waals surface area (Å²) in [5.41, 5.74) is 3.51. The summed E-state index contributed by atoms with van der Waals surface area (Å²) in [5, 5.41) is 3.44. The first-order valence-electron chi connectivity index (χ1n) is 7.76. The van der Waals surface area contributed by atoms with Gasteiger partial charge >= 0.3 is 0 Å². The van der Waals surface area contributed by atoms with Crippen molar-refractivity contribution in [3.8, 4) is 5.75 Å². The zero-order valence-electron chi connectivity index (χ0n) is 13.4. The van der Waals surface area contributed by atoms with Crippen LogP contribution in [0.15, 0.2) is 79.1 Å². The topological polar surface area (TPSA) is 34.1 Å². The average Bonchev–Trinajstić information content (AvgIpc) is 2.63. The van der Waals surface area contributed by atoms with Crippen molar-refractivity contribution in [1.29, 1.82) is 0 Å². The van der Waals surface area contributed by atoms with Crippen LogP contribution in [-0.2, 0) is 19.7 Å². The maximum atomic E-state index is 5.97. The Hall–Kier alpha value is -2.36. The Kier molecular flexibility index (Phi) is 7.27. The molecule has 0 saturated carbocycles. The number of rotatable bonds is 7. The van der Waals surface area contributed by atoms with Crippen molar-refractivity contribution in [2.24, 2.45) is 0 Å². The molecule has 3 rings (SSSR count). The number of ether oxygens (including phenoxy) is 1. The predicted molar refractivity (Wildman–Crippen MR) is 99.2 cm³/mol. The number of nitrogens with one attached hydrogen (secondary N) is 1. The molecule has 0 aliphatic carbocycles. The maximum absolute atomic E-state index is 5.97. The van der Waals surface area contributed by atoms with Crippen LogP contribution in [0.25, 0.3) is 0 Å². The Morgan fingerprint density at radius 3 is 2.33 bits per heavy atom. The van der Waals surface area contributed by atoms with E-state index in [2.05, 4.69) is 34.6 Å². The SMILES string of the molecule is Cl.c1ccc(COc2ccccc2CNCc2cccnc2)cc1. The molecule has 124 valence electrons. The van der Waals surface area contributed by atoms with E-state index in [0.717, 1.165) is 24.4 Å². The highest BCUT2D eigenvalue weighted by molar-refractivity contribution is 5.85. The zero-order chi connectivity index (χ0) is 15.7. The molecular formula is C20H21ClN2O. The minimum atomic E-state index is 0. The zero-order valence-corrected chi connectivity index (χ0v) is 14.2. The molecule has 0 radical (unpaired) electrons. The molecule has 3 nitrogen and oxygen atoms in total. The highest BCUT2D eigenvalue weighted by Gasteiger charge is 2.03. The molecule has 0 bridgehead atoms. The number of benzene rings is 2. The molecule has 0 aliphatic heterocycles. The number of para-hydroxylation sites is 1. The molecule has 0 amide bonds. The van der Waals surface area contributed by atoms with Gasteiger partial charge in [0.1, 0.15) is 12.4 Å². The predicted octanol–water partition coefficient (Wildman–Crippen LogP) is 4.37. The number of halogens is 1. The molecule has 0 spiro atoms. The third-order valence-electron chi connectivity index (χ3n) is 3.58. The molecule has 0 fully saturated rings. The van der Waals surface area contributed by atoms with Gasteiger partial charge in [-0.25, -0.2) is 0 Å². The van der Waals surface area contributed by atoms with Crippen LogP contribution in [0.5, 0.6) is 5.75 Å². The van der Waals surface area contributed by atoms with Crippen LogP contribution in [0.3, 0.4) is 0 Å². The summed E-state index contributed by atoms with van der Waals surface area (Å²) >= 11 is 0. The van der Waals surface area contributed by atoms with Crippen LogP contribution in [0.4, 0.5) is 0 Å². The number of aromatic nitrogens is 1. The van der Waals surface area contributed by atoms with Gasteiger partial charge in [-0.2, -0.15) is 0 Å². The Morgan fingerprint density at radius 2 is 1.54 bits per heavy atom. The third-order valence-corrected chi connectivity index (χ3v) is 3.58. The van der Waals surface area contributed by atoms with Crippen LogP contribution in [0.2, 0.25) is 0 Å². The largest absolute Gasteiger partial charge is 0.489 e. The van der Waals surface area contributed by atoms with Crippen molar-refractivity contribution in [1.82, 2.24) is 10.3 Å². The van der Waals surface area contributed by atoms with Gasteiger partial charge in [0.15, 0.2) is 0 Å². The lowest BCUT2D eigenvalue weighted by Crippen LogP contribution is -2.13. The van der Waals surface area contributed by atoms with Gasteiger partial charge in [0.05, 0.1) is 0 Å². The van der Waals surface area contributed by atoms with E-state index in [1.807, 2.05) is 48.7 Å². The molecule has 0 unspecified atom stereocenters. The third kappa shape index (κ3) is 5.37. The van der Waals surface area contributed by atoms with E-state index in [-0.39, 0.29) is 12.4 Å². The van der Waals surface area contributed by atoms with Crippen molar-refractivity contribution in [2.75, 3.05) is 0 Å². The molecule has 2 aromatic carbocycles. The first-order valence-corrected chi connectivity index (χ1v) is 7.76. The number of pyridine rings is 1. The minimum absolute atomic E-state index is 0. The summed E-state index contributed by atoms with van der Waals surface area (Å²) in [6, 6.07) is 22.4. The lowest BCUT2D eigenvalue weighted by Gasteiger charge is -2.12. The molecule has 0 saturated heterocycles. The van der Waals surface area contributed by atoms with Crippen LogP contribution in [0, 0.1) is 0 Å². The molecule has 1 N–H and O–H groups in total. The minimum Gasteiger partial charge on any atom is -0.489 e. The first kappa shape index (κ1) is 18.0. The highest BCUT2D eigenvalue weighted by Crippen LogP contribution is 2.19. The Morgan fingerprint density at radius 1 is 0.792 bits per heavy atom. The first-order chi connectivity index (χ1) is 11.4. The monoisotopic (exact) mass is 340 g/mol. The molecular weight excluding hydrogens is 320 g/mol. The second-order valence-corrected chi connectivity index (χ2v) is 5.35. The Labute approximate surface area is 149 Å². The molecule has 0 atom stereocenters. The van der Waals surface area contributed by atoms with E-state index < -0.39 is 0 Å². The van der Waals surface area contributed by atoms with E-state index in [1.54, 1.807) is 6.20 Å². The molecule has 24 heavy (non-hydrogen) atoms. The van der Waals surface area contributed by atoms with Crippen LogP contribution < -0.4 is 10.1 Å². The highest BCUT2D eigenvalue weighted by atomic mass is 35.5. The van der Waals surface area contributed by atoms with Crippen molar-refractivity contribution in [3.63, 3.8) is 0 Å². The van der Waals surface area contributed by atoms with E-state index in [4.69, 9.17) is 4.74 Å². The summed E-state index contributed by atoms with van der Waals surface area (Å²) in [7, 11) is 0. The van der Waals surface area contributed by atoms with E-state index in [9.17, 15) is 0 Å².